The lowest BCUT2D eigenvalue weighted by atomic mass is 9.99. The third-order valence-electron chi connectivity index (χ3n) is 3.03. The minimum absolute atomic E-state index is 0.00721. The summed E-state index contributed by atoms with van der Waals surface area (Å²) in [5.74, 6) is -0.826. The first-order chi connectivity index (χ1) is 9.65. The van der Waals surface area contributed by atoms with E-state index in [1.807, 2.05) is 0 Å². The van der Waals surface area contributed by atoms with Gasteiger partial charge < -0.3 is 9.84 Å². The van der Waals surface area contributed by atoms with Crippen LogP contribution in [0.5, 0.6) is 0 Å². The number of aliphatic hydroxyl groups excluding tert-OH is 1. The van der Waals surface area contributed by atoms with Crippen LogP contribution in [-0.2, 0) is 11.2 Å². The molecule has 0 heterocycles. The Hall–Kier alpha value is -2.20. The molecular weight excluding hydrogens is 259 g/mol. The molecule has 0 spiro atoms. The quantitative estimate of drug-likeness (QED) is 0.872. The van der Waals surface area contributed by atoms with E-state index in [1.54, 1.807) is 36.4 Å². The Morgan fingerprint density at radius 1 is 1.25 bits per heavy atom. The molecule has 4 heteroatoms. The normalized spacial score (nSPS) is 10.3. The van der Waals surface area contributed by atoms with Crippen molar-refractivity contribution in [3.63, 3.8) is 0 Å². The molecule has 0 amide bonds. The Morgan fingerprint density at radius 3 is 2.75 bits per heavy atom. The molecule has 0 saturated carbocycles. The maximum Gasteiger partial charge on any atom is 0.337 e. The summed E-state index contributed by atoms with van der Waals surface area (Å²) >= 11 is 0. The van der Waals surface area contributed by atoms with Gasteiger partial charge in [-0.15, -0.1) is 0 Å². The molecule has 2 aromatic carbocycles. The van der Waals surface area contributed by atoms with Gasteiger partial charge in [0, 0.05) is 12.2 Å². The van der Waals surface area contributed by atoms with Crippen molar-refractivity contribution in [2.24, 2.45) is 0 Å². The van der Waals surface area contributed by atoms with Crippen molar-refractivity contribution >= 4 is 5.97 Å². The highest BCUT2D eigenvalue weighted by molar-refractivity contribution is 5.91. The van der Waals surface area contributed by atoms with Crippen LogP contribution >= 0.6 is 0 Å². The Morgan fingerprint density at radius 2 is 2.05 bits per heavy atom. The molecule has 0 aromatic heterocycles. The first-order valence-electron chi connectivity index (χ1n) is 6.23. The molecule has 0 bridgehead atoms. The SMILES string of the molecule is COC(=O)c1cccc(-c2cc(CCO)ccc2F)c1. The number of methoxy groups -OCH3 is 1. The van der Waals surface area contributed by atoms with Crippen LogP contribution in [0.15, 0.2) is 42.5 Å². The fourth-order valence-electron chi connectivity index (χ4n) is 2.01. The van der Waals surface area contributed by atoms with E-state index < -0.39 is 5.97 Å². The van der Waals surface area contributed by atoms with E-state index in [0.29, 0.717) is 23.1 Å². The molecule has 20 heavy (non-hydrogen) atoms. The molecule has 0 fully saturated rings. The molecule has 0 aliphatic rings. The first kappa shape index (κ1) is 14.2. The third kappa shape index (κ3) is 3.03. The standard InChI is InChI=1S/C16H15FO3/c1-20-16(19)13-4-2-3-12(10-13)14-9-11(7-8-18)5-6-15(14)17/h2-6,9-10,18H,7-8H2,1H3. The Bertz CT molecular complexity index is 623. The van der Waals surface area contributed by atoms with E-state index in [0.717, 1.165) is 5.56 Å². The summed E-state index contributed by atoms with van der Waals surface area (Å²) in [6.45, 7) is 0.00721. The van der Waals surface area contributed by atoms with Gasteiger partial charge in [-0.1, -0.05) is 18.2 Å². The number of hydrogen-bond donors (Lipinski definition) is 1. The van der Waals surface area contributed by atoms with Crippen molar-refractivity contribution in [2.75, 3.05) is 13.7 Å². The lowest BCUT2D eigenvalue weighted by Crippen LogP contribution is -2.01. The van der Waals surface area contributed by atoms with Crippen LogP contribution in [0.25, 0.3) is 11.1 Å². The Kier molecular flexibility index (Phi) is 4.48. The average Bonchev–Trinajstić information content (AvgIpc) is 2.49. The van der Waals surface area contributed by atoms with Crippen molar-refractivity contribution in [3.8, 4) is 11.1 Å². The second-order valence-corrected chi connectivity index (χ2v) is 4.36. The number of rotatable bonds is 4. The molecular formula is C16H15FO3. The summed E-state index contributed by atoms with van der Waals surface area (Å²) in [6.07, 6.45) is 0.462. The fraction of sp³-hybridized carbons (Fsp3) is 0.188. The molecule has 0 saturated heterocycles. The molecule has 0 aliphatic heterocycles. The van der Waals surface area contributed by atoms with Crippen LogP contribution in [0, 0.1) is 5.82 Å². The van der Waals surface area contributed by atoms with Crippen molar-refractivity contribution in [2.45, 2.75) is 6.42 Å². The minimum Gasteiger partial charge on any atom is -0.465 e. The molecule has 1 N–H and O–H groups in total. The zero-order chi connectivity index (χ0) is 14.5. The summed E-state index contributed by atoms with van der Waals surface area (Å²) < 4.78 is 18.6. The summed E-state index contributed by atoms with van der Waals surface area (Å²) in [5.41, 5.74) is 2.22. The van der Waals surface area contributed by atoms with Gasteiger partial charge in [0.15, 0.2) is 0 Å². The van der Waals surface area contributed by atoms with Crippen molar-refractivity contribution in [1.82, 2.24) is 0 Å². The van der Waals surface area contributed by atoms with E-state index in [4.69, 9.17) is 5.11 Å². The minimum atomic E-state index is -0.459. The van der Waals surface area contributed by atoms with Crippen molar-refractivity contribution < 1.29 is 19.0 Å². The number of carbonyl (C=O) groups excluding carboxylic acids is 1. The maximum absolute atomic E-state index is 13.9. The molecule has 104 valence electrons. The zero-order valence-electron chi connectivity index (χ0n) is 11.1. The zero-order valence-corrected chi connectivity index (χ0v) is 11.1. The van der Waals surface area contributed by atoms with E-state index in [9.17, 15) is 9.18 Å². The largest absolute Gasteiger partial charge is 0.465 e. The average molecular weight is 274 g/mol. The Labute approximate surface area is 116 Å². The van der Waals surface area contributed by atoms with Gasteiger partial charge in [-0.25, -0.2) is 9.18 Å². The van der Waals surface area contributed by atoms with Gasteiger partial charge in [-0.3, -0.25) is 0 Å². The highest BCUT2D eigenvalue weighted by Gasteiger charge is 2.10. The third-order valence-corrected chi connectivity index (χ3v) is 3.03. The summed E-state index contributed by atoms with van der Waals surface area (Å²) in [7, 11) is 1.30. The summed E-state index contributed by atoms with van der Waals surface area (Å²) in [4.78, 5) is 11.5. The predicted octanol–water partition coefficient (Wildman–Crippen LogP) is 2.81. The molecule has 0 atom stereocenters. The number of aliphatic hydroxyl groups is 1. The van der Waals surface area contributed by atoms with Gasteiger partial charge >= 0.3 is 5.97 Å². The monoisotopic (exact) mass is 274 g/mol. The van der Waals surface area contributed by atoms with E-state index in [-0.39, 0.29) is 12.4 Å². The lowest BCUT2D eigenvalue weighted by molar-refractivity contribution is 0.0601. The van der Waals surface area contributed by atoms with Crippen LogP contribution < -0.4 is 0 Å². The molecule has 0 radical (unpaired) electrons. The molecule has 0 unspecified atom stereocenters. The Balaban J connectivity index is 2.45. The van der Waals surface area contributed by atoms with Gasteiger partial charge in [0.2, 0.25) is 0 Å². The van der Waals surface area contributed by atoms with Crippen LogP contribution in [0.3, 0.4) is 0 Å². The van der Waals surface area contributed by atoms with Crippen LogP contribution in [0.4, 0.5) is 4.39 Å². The van der Waals surface area contributed by atoms with Crippen LogP contribution in [0.1, 0.15) is 15.9 Å². The second-order valence-electron chi connectivity index (χ2n) is 4.36. The molecule has 2 rings (SSSR count). The molecule has 3 nitrogen and oxygen atoms in total. The first-order valence-corrected chi connectivity index (χ1v) is 6.23. The van der Waals surface area contributed by atoms with Gasteiger partial charge in [-0.2, -0.15) is 0 Å². The number of carbonyl (C=O) groups is 1. The summed E-state index contributed by atoms with van der Waals surface area (Å²) in [6, 6.07) is 11.3. The fourth-order valence-corrected chi connectivity index (χ4v) is 2.01. The maximum atomic E-state index is 13.9. The smallest absolute Gasteiger partial charge is 0.337 e. The lowest BCUT2D eigenvalue weighted by Gasteiger charge is -2.08. The highest BCUT2D eigenvalue weighted by atomic mass is 19.1. The van der Waals surface area contributed by atoms with Gasteiger partial charge in [0.1, 0.15) is 5.82 Å². The van der Waals surface area contributed by atoms with E-state index in [2.05, 4.69) is 4.74 Å². The van der Waals surface area contributed by atoms with Gasteiger partial charge in [0.05, 0.1) is 12.7 Å². The molecule has 0 aliphatic carbocycles. The van der Waals surface area contributed by atoms with Crippen LogP contribution in [-0.4, -0.2) is 24.8 Å². The number of hydrogen-bond acceptors (Lipinski definition) is 3. The van der Waals surface area contributed by atoms with Crippen molar-refractivity contribution in [1.29, 1.82) is 0 Å². The topological polar surface area (TPSA) is 46.5 Å². The number of esters is 1. The highest BCUT2D eigenvalue weighted by Crippen LogP contribution is 2.25. The van der Waals surface area contributed by atoms with Crippen LogP contribution in [0.2, 0.25) is 0 Å². The molecule has 2 aromatic rings. The number of benzene rings is 2. The number of ether oxygens (including phenoxy) is 1. The summed E-state index contributed by atoms with van der Waals surface area (Å²) in [5, 5.41) is 8.94. The second kappa shape index (κ2) is 6.30. The van der Waals surface area contributed by atoms with Gasteiger partial charge in [0.25, 0.3) is 0 Å². The number of halogens is 1. The van der Waals surface area contributed by atoms with E-state index in [1.165, 1.54) is 13.2 Å². The van der Waals surface area contributed by atoms with Crippen molar-refractivity contribution in [3.05, 3.63) is 59.4 Å². The predicted molar refractivity (Wildman–Crippen MR) is 74.0 cm³/mol. The van der Waals surface area contributed by atoms with E-state index >= 15 is 0 Å². The van der Waals surface area contributed by atoms with Gasteiger partial charge in [-0.05, 0) is 41.8 Å².